The molecule has 7 nitrogen and oxygen atoms in total. The number of rotatable bonds is 6. The van der Waals surface area contributed by atoms with Gasteiger partial charge in [0.05, 0.1) is 34.4 Å². The van der Waals surface area contributed by atoms with Gasteiger partial charge in [0.15, 0.2) is 5.75 Å². The number of halogens is 1. The smallest absolute Gasteiger partial charge is 0.257 e. The van der Waals surface area contributed by atoms with E-state index in [-0.39, 0.29) is 34.3 Å². The van der Waals surface area contributed by atoms with Crippen LogP contribution in [0.5, 0.6) is 11.5 Å². The summed E-state index contributed by atoms with van der Waals surface area (Å²) in [7, 11) is -3.76. The van der Waals surface area contributed by atoms with Gasteiger partial charge >= 0.3 is 0 Å². The van der Waals surface area contributed by atoms with Crippen molar-refractivity contribution in [3.8, 4) is 11.5 Å². The van der Waals surface area contributed by atoms with E-state index in [1.165, 1.54) is 22.5 Å². The minimum Gasteiger partial charge on any atom is -0.455 e. The van der Waals surface area contributed by atoms with Crippen molar-refractivity contribution in [2.45, 2.75) is 4.90 Å². The van der Waals surface area contributed by atoms with E-state index >= 15 is 0 Å². The number of benzene rings is 3. The van der Waals surface area contributed by atoms with E-state index in [1.54, 1.807) is 36.4 Å². The van der Waals surface area contributed by atoms with Crippen molar-refractivity contribution >= 4 is 33.2 Å². The van der Waals surface area contributed by atoms with E-state index in [4.69, 9.17) is 21.1 Å². The summed E-state index contributed by atoms with van der Waals surface area (Å²) in [6, 6.07) is 20.0. The molecule has 4 rings (SSSR count). The van der Waals surface area contributed by atoms with Gasteiger partial charge in [-0.15, -0.1) is 0 Å². The highest BCUT2D eigenvalue weighted by Gasteiger charge is 2.27. The van der Waals surface area contributed by atoms with Crippen molar-refractivity contribution < 1.29 is 22.7 Å². The highest BCUT2D eigenvalue weighted by atomic mass is 35.5. The summed E-state index contributed by atoms with van der Waals surface area (Å²) < 4.78 is 38.8. The number of morpholine rings is 1. The molecule has 0 atom stereocenters. The Morgan fingerprint density at radius 3 is 2.38 bits per heavy atom. The summed E-state index contributed by atoms with van der Waals surface area (Å²) in [6.45, 7) is 1.22. The van der Waals surface area contributed by atoms with Crippen molar-refractivity contribution in [2.24, 2.45) is 0 Å². The van der Waals surface area contributed by atoms with E-state index in [1.807, 2.05) is 18.2 Å². The largest absolute Gasteiger partial charge is 0.455 e. The van der Waals surface area contributed by atoms with Gasteiger partial charge in [-0.2, -0.15) is 4.31 Å². The van der Waals surface area contributed by atoms with Gasteiger partial charge in [0.1, 0.15) is 5.75 Å². The van der Waals surface area contributed by atoms with E-state index in [0.717, 1.165) is 0 Å². The van der Waals surface area contributed by atoms with Crippen LogP contribution < -0.4 is 10.1 Å². The first-order valence-electron chi connectivity index (χ1n) is 9.96. The number of ether oxygens (including phenoxy) is 2. The predicted octanol–water partition coefficient (Wildman–Crippen LogP) is 4.41. The molecular weight excluding hydrogens is 452 g/mol. The topological polar surface area (TPSA) is 84.9 Å². The molecule has 0 aliphatic carbocycles. The molecule has 0 spiro atoms. The van der Waals surface area contributed by atoms with Gasteiger partial charge in [0.2, 0.25) is 10.0 Å². The van der Waals surface area contributed by atoms with Crippen LogP contribution >= 0.6 is 11.6 Å². The van der Waals surface area contributed by atoms with Gasteiger partial charge in [-0.1, -0.05) is 41.9 Å². The van der Waals surface area contributed by atoms with Gasteiger partial charge in [0, 0.05) is 13.1 Å². The molecule has 1 amide bonds. The third-order valence-electron chi connectivity index (χ3n) is 4.90. The lowest BCUT2D eigenvalue weighted by atomic mass is 10.2. The minimum atomic E-state index is -3.76. The Morgan fingerprint density at radius 1 is 0.969 bits per heavy atom. The lowest BCUT2D eigenvalue weighted by molar-refractivity contribution is 0.0730. The maximum absolute atomic E-state index is 13.1. The number of amides is 1. The minimum absolute atomic E-state index is 0.0503. The fraction of sp³-hybridized carbons (Fsp3) is 0.174. The zero-order valence-corrected chi connectivity index (χ0v) is 18.6. The first-order chi connectivity index (χ1) is 15.4. The van der Waals surface area contributed by atoms with Crippen LogP contribution in [0.15, 0.2) is 77.7 Å². The average molecular weight is 473 g/mol. The molecule has 3 aromatic carbocycles. The number of hydrogen-bond acceptors (Lipinski definition) is 5. The molecule has 0 aromatic heterocycles. The van der Waals surface area contributed by atoms with Crippen LogP contribution in [0.1, 0.15) is 10.4 Å². The van der Waals surface area contributed by atoms with Crippen LogP contribution in [-0.4, -0.2) is 44.9 Å². The molecule has 3 aromatic rings. The van der Waals surface area contributed by atoms with Crippen LogP contribution in [0, 0.1) is 0 Å². The van der Waals surface area contributed by atoms with E-state index in [9.17, 15) is 13.2 Å². The monoisotopic (exact) mass is 472 g/mol. The molecule has 1 aliphatic rings. The predicted molar refractivity (Wildman–Crippen MR) is 122 cm³/mol. The SMILES string of the molecule is O=C(Nc1cc(S(=O)(=O)N2CCOCC2)ccc1Oc1ccccc1)c1ccccc1Cl. The Hall–Kier alpha value is -2.91. The van der Waals surface area contributed by atoms with Crippen LogP contribution in [0.4, 0.5) is 5.69 Å². The Balaban J connectivity index is 1.70. The van der Waals surface area contributed by atoms with E-state index in [2.05, 4.69) is 5.32 Å². The molecule has 166 valence electrons. The molecule has 0 radical (unpaired) electrons. The first-order valence-corrected chi connectivity index (χ1v) is 11.8. The number of hydrogen-bond donors (Lipinski definition) is 1. The zero-order valence-electron chi connectivity index (χ0n) is 17.0. The number of nitrogens with one attached hydrogen (secondary N) is 1. The summed E-state index contributed by atoms with van der Waals surface area (Å²) in [5.74, 6) is 0.372. The quantitative estimate of drug-likeness (QED) is 0.574. The Morgan fingerprint density at radius 2 is 1.66 bits per heavy atom. The highest BCUT2D eigenvalue weighted by molar-refractivity contribution is 7.89. The third kappa shape index (κ3) is 4.94. The fourth-order valence-corrected chi connectivity index (χ4v) is 4.90. The fourth-order valence-electron chi connectivity index (χ4n) is 3.24. The number of para-hydroxylation sites is 1. The van der Waals surface area contributed by atoms with Crippen molar-refractivity contribution in [1.29, 1.82) is 0 Å². The molecule has 1 fully saturated rings. The van der Waals surface area contributed by atoms with Crippen LogP contribution in [0.25, 0.3) is 0 Å². The second-order valence-corrected chi connectivity index (χ2v) is 9.37. The lowest BCUT2D eigenvalue weighted by Crippen LogP contribution is -2.40. The maximum Gasteiger partial charge on any atom is 0.257 e. The summed E-state index contributed by atoms with van der Waals surface area (Å²) in [5, 5.41) is 3.03. The second kappa shape index (κ2) is 9.70. The molecule has 1 aliphatic heterocycles. The van der Waals surface area contributed by atoms with Crippen molar-refractivity contribution in [1.82, 2.24) is 4.31 Å². The Bertz CT molecular complexity index is 1210. The van der Waals surface area contributed by atoms with E-state index < -0.39 is 15.9 Å². The maximum atomic E-state index is 13.1. The molecule has 0 saturated carbocycles. The normalized spacial score (nSPS) is 14.7. The van der Waals surface area contributed by atoms with Crippen molar-refractivity contribution in [2.75, 3.05) is 31.6 Å². The van der Waals surface area contributed by atoms with Gasteiger partial charge in [-0.05, 0) is 42.5 Å². The van der Waals surface area contributed by atoms with Gasteiger partial charge in [-0.25, -0.2) is 8.42 Å². The highest BCUT2D eigenvalue weighted by Crippen LogP contribution is 2.33. The Kier molecular flexibility index (Phi) is 6.76. The number of nitrogens with zero attached hydrogens (tertiary/aromatic N) is 1. The number of carbonyl (C=O) groups is 1. The standard InChI is InChI=1S/C23H21ClN2O5S/c24-20-9-5-4-8-19(20)23(27)25-21-16-18(32(28,29)26-12-14-30-15-13-26)10-11-22(21)31-17-6-2-1-3-7-17/h1-11,16H,12-15H2,(H,25,27). The Labute approximate surface area is 191 Å². The van der Waals surface area contributed by atoms with Crippen molar-refractivity contribution in [3.05, 3.63) is 83.4 Å². The lowest BCUT2D eigenvalue weighted by Gasteiger charge is -2.26. The number of sulfonamides is 1. The molecule has 1 heterocycles. The summed E-state index contributed by atoms with van der Waals surface area (Å²) >= 11 is 6.15. The van der Waals surface area contributed by atoms with E-state index in [0.29, 0.717) is 24.7 Å². The number of anilines is 1. The van der Waals surface area contributed by atoms with Crippen LogP contribution in [0.2, 0.25) is 5.02 Å². The molecule has 0 bridgehead atoms. The molecule has 32 heavy (non-hydrogen) atoms. The molecule has 0 unspecified atom stereocenters. The zero-order chi connectivity index (χ0) is 22.6. The summed E-state index contributed by atoms with van der Waals surface area (Å²) in [5.41, 5.74) is 0.481. The van der Waals surface area contributed by atoms with Crippen molar-refractivity contribution in [3.63, 3.8) is 0 Å². The number of carbonyl (C=O) groups excluding carboxylic acids is 1. The van der Waals surface area contributed by atoms with Gasteiger partial charge in [-0.3, -0.25) is 4.79 Å². The summed E-state index contributed by atoms with van der Waals surface area (Å²) in [6.07, 6.45) is 0. The van der Waals surface area contributed by atoms with Crippen LogP contribution in [-0.2, 0) is 14.8 Å². The molecule has 9 heteroatoms. The second-order valence-electron chi connectivity index (χ2n) is 7.02. The molecule has 1 saturated heterocycles. The average Bonchev–Trinajstić information content (AvgIpc) is 2.81. The first kappa shape index (κ1) is 22.3. The van der Waals surface area contributed by atoms with Crippen LogP contribution in [0.3, 0.4) is 0 Å². The van der Waals surface area contributed by atoms with Gasteiger partial charge < -0.3 is 14.8 Å². The van der Waals surface area contributed by atoms with Gasteiger partial charge in [0.25, 0.3) is 5.91 Å². The molecule has 1 N–H and O–H groups in total. The molecular formula is C23H21ClN2O5S. The third-order valence-corrected chi connectivity index (χ3v) is 7.12. The summed E-state index contributed by atoms with van der Waals surface area (Å²) in [4.78, 5) is 12.9.